The summed E-state index contributed by atoms with van der Waals surface area (Å²) < 4.78 is 26.0. The molecule has 6 nitrogen and oxygen atoms in total. The minimum atomic E-state index is -1.26. The molecule has 0 bridgehead atoms. The summed E-state index contributed by atoms with van der Waals surface area (Å²) in [6.45, 7) is 0.295. The van der Waals surface area contributed by atoms with E-state index in [9.17, 15) is 23.5 Å². The summed E-state index contributed by atoms with van der Waals surface area (Å²) in [6.07, 6.45) is -0.835. The minimum Gasteiger partial charge on any atom is -0.392 e. The molecule has 2 rings (SSSR count). The molecule has 2 unspecified atom stereocenters. The van der Waals surface area contributed by atoms with Crippen LogP contribution in [-0.4, -0.2) is 29.6 Å². The van der Waals surface area contributed by atoms with Gasteiger partial charge in [-0.25, -0.2) is 8.78 Å². The SMILES string of the molecule is O=C1NCCC(O)C1C(=O)NNc1ccc(F)cc1F. The molecular formula is C12H13F2N3O3. The van der Waals surface area contributed by atoms with E-state index in [0.29, 0.717) is 12.6 Å². The molecule has 2 atom stereocenters. The van der Waals surface area contributed by atoms with E-state index < -0.39 is 35.5 Å². The fourth-order valence-electron chi connectivity index (χ4n) is 1.89. The van der Waals surface area contributed by atoms with Crippen LogP contribution in [0.5, 0.6) is 0 Å². The number of piperidine rings is 1. The number of hydrogen-bond acceptors (Lipinski definition) is 4. The van der Waals surface area contributed by atoms with Crippen LogP contribution in [0, 0.1) is 17.6 Å². The van der Waals surface area contributed by atoms with Gasteiger partial charge in [0.25, 0.3) is 5.91 Å². The van der Waals surface area contributed by atoms with Crippen LogP contribution >= 0.6 is 0 Å². The zero-order chi connectivity index (χ0) is 14.7. The zero-order valence-electron chi connectivity index (χ0n) is 10.3. The first-order valence-corrected chi connectivity index (χ1v) is 5.95. The van der Waals surface area contributed by atoms with Crippen molar-refractivity contribution in [1.29, 1.82) is 0 Å². The highest BCUT2D eigenvalue weighted by atomic mass is 19.1. The second-order valence-corrected chi connectivity index (χ2v) is 4.36. The molecule has 20 heavy (non-hydrogen) atoms. The van der Waals surface area contributed by atoms with Gasteiger partial charge in [0, 0.05) is 12.6 Å². The summed E-state index contributed by atoms with van der Waals surface area (Å²) in [7, 11) is 0. The third-order valence-electron chi connectivity index (χ3n) is 2.94. The molecular weight excluding hydrogens is 272 g/mol. The monoisotopic (exact) mass is 285 g/mol. The molecule has 0 aromatic heterocycles. The van der Waals surface area contributed by atoms with E-state index in [2.05, 4.69) is 16.2 Å². The van der Waals surface area contributed by atoms with Crippen molar-refractivity contribution >= 4 is 17.5 Å². The van der Waals surface area contributed by atoms with Crippen LogP contribution in [0.15, 0.2) is 18.2 Å². The Balaban J connectivity index is 1.99. The summed E-state index contributed by atoms with van der Waals surface area (Å²) in [5.74, 6) is -4.29. The molecule has 1 aromatic carbocycles. The largest absolute Gasteiger partial charge is 0.392 e. The highest BCUT2D eigenvalue weighted by Gasteiger charge is 2.36. The number of aliphatic hydroxyl groups is 1. The van der Waals surface area contributed by atoms with Crippen LogP contribution in [0.25, 0.3) is 0 Å². The average Bonchev–Trinajstić information content (AvgIpc) is 2.37. The molecule has 2 amide bonds. The van der Waals surface area contributed by atoms with E-state index in [1.807, 2.05) is 0 Å². The summed E-state index contributed by atoms with van der Waals surface area (Å²) in [6, 6.07) is 2.76. The number of benzene rings is 1. The zero-order valence-corrected chi connectivity index (χ0v) is 10.3. The van der Waals surface area contributed by atoms with E-state index in [0.717, 1.165) is 12.1 Å². The molecule has 0 radical (unpaired) electrons. The molecule has 0 saturated carbocycles. The Labute approximate surface area is 113 Å². The number of carbonyl (C=O) groups is 2. The van der Waals surface area contributed by atoms with E-state index >= 15 is 0 Å². The van der Waals surface area contributed by atoms with Crippen molar-refractivity contribution in [2.24, 2.45) is 5.92 Å². The smallest absolute Gasteiger partial charge is 0.253 e. The Hall–Kier alpha value is -2.22. The molecule has 0 spiro atoms. The van der Waals surface area contributed by atoms with E-state index in [1.54, 1.807) is 0 Å². The molecule has 1 aliphatic rings. The number of carbonyl (C=O) groups excluding carboxylic acids is 2. The standard InChI is InChI=1S/C12H13F2N3O3/c13-6-1-2-8(7(14)5-6)16-17-12(20)10-9(18)3-4-15-11(10)19/h1-2,5,9-10,16,18H,3-4H2,(H,15,19)(H,17,20). The molecule has 1 aromatic rings. The normalized spacial score (nSPS) is 22.1. The summed E-state index contributed by atoms with van der Waals surface area (Å²) >= 11 is 0. The molecule has 4 N–H and O–H groups in total. The number of amides is 2. The molecule has 108 valence electrons. The maximum atomic E-state index is 13.3. The van der Waals surface area contributed by atoms with Gasteiger partial charge in [-0.2, -0.15) is 0 Å². The molecule has 1 saturated heterocycles. The van der Waals surface area contributed by atoms with Crippen LogP contribution in [0.1, 0.15) is 6.42 Å². The Morgan fingerprint density at radius 3 is 2.80 bits per heavy atom. The topological polar surface area (TPSA) is 90.5 Å². The van der Waals surface area contributed by atoms with E-state index in [-0.39, 0.29) is 12.1 Å². The van der Waals surface area contributed by atoms with Gasteiger partial charge in [-0.3, -0.25) is 20.4 Å². The molecule has 0 aliphatic carbocycles. The average molecular weight is 285 g/mol. The number of rotatable bonds is 3. The van der Waals surface area contributed by atoms with Gasteiger partial charge in [-0.05, 0) is 18.6 Å². The third kappa shape index (κ3) is 3.02. The second-order valence-electron chi connectivity index (χ2n) is 4.36. The number of hydrogen-bond donors (Lipinski definition) is 4. The maximum Gasteiger partial charge on any atom is 0.253 e. The lowest BCUT2D eigenvalue weighted by molar-refractivity contribution is -0.142. The van der Waals surface area contributed by atoms with E-state index in [4.69, 9.17) is 0 Å². The van der Waals surface area contributed by atoms with Crippen molar-refractivity contribution in [3.8, 4) is 0 Å². The van der Waals surface area contributed by atoms with Gasteiger partial charge < -0.3 is 10.4 Å². The quantitative estimate of drug-likeness (QED) is 0.461. The van der Waals surface area contributed by atoms with Crippen molar-refractivity contribution in [2.75, 3.05) is 12.0 Å². The number of aliphatic hydroxyl groups excluding tert-OH is 1. The van der Waals surface area contributed by atoms with Gasteiger partial charge in [0.2, 0.25) is 5.91 Å². The van der Waals surface area contributed by atoms with Crippen molar-refractivity contribution in [1.82, 2.24) is 10.7 Å². The van der Waals surface area contributed by atoms with Gasteiger partial charge in [0.05, 0.1) is 11.8 Å². The number of hydrazine groups is 1. The fourth-order valence-corrected chi connectivity index (χ4v) is 1.89. The van der Waals surface area contributed by atoms with Gasteiger partial charge >= 0.3 is 0 Å². The number of halogens is 2. The Morgan fingerprint density at radius 1 is 1.40 bits per heavy atom. The van der Waals surface area contributed by atoms with Crippen molar-refractivity contribution < 1.29 is 23.5 Å². The maximum absolute atomic E-state index is 13.3. The van der Waals surface area contributed by atoms with Gasteiger partial charge in [-0.1, -0.05) is 0 Å². The molecule has 1 aliphatic heterocycles. The van der Waals surface area contributed by atoms with E-state index in [1.165, 1.54) is 0 Å². The van der Waals surface area contributed by atoms with Crippen LogP contribution in [0.2, 0.25) is 0 Å². The lowest BCUT2D eigenvalue weighted by Crippen LogP contribution is -2.53. The summed E-state index contributed by atoms with van der Waals surface area (Å²) in [5, 5.41) is 12.1. The predicted octanol–water partition coefficient (Wildman–Crippen LogP) is -0.0951. The van der Waals surface area contributed by atoms with Gasteiger partial charge in [0.15, 0.2) is 5.82 Å². The summed E-state index contributed by atoms with van der Waals surface area (Å²) in [4.78, 5) is 23.3. The lowest BCUT2D eigenvalue weighted by atomic mass is 9.95. The first-order valence-electron chi connectivity index (χ1n) is 5.95. The van der Waals surface area contributed by atoms with Crippen LogP contribution in [0.4, 0.5) is 14.5 Å². The third-order valence-corrected chi connectivity index (χ3v) is 2.94. The first kappa shape index (κ1) is 14.2. The van der Waals surface area contributed by atoms with Crippen molar-refractivity contribution in [3.05, 3.63) is 29.8 Å². The van der Waals surface area contributed by atoms with Crippen molar-refractivity contribution in [3.63, 3.8) is 0 Å². The number of nitrogens with one attached hydrogen (secondary N) is 3. The van der Waals surface area contributed by atoms with Crippen LogP contribution in [0.3, 0.4) is 0 Å². The fraction of sp³-hybridized carbons (Fsp3) is 0.333. The Morgan fingerprint density at radius 2 is 2.15 bits per heavy atom. The second kappa shape index (κ2) is 5.83. The predicted molar refractivity (Wildman–Crippen MR) is 65.2 cm³/mol. The van der Waals surface area contributed by atoms with Crippen molar-refractivity contribution in [2.45, 2.75) is 12.5 Å². The minimum absolute atomic E-state index is 0.148. The molecule has 1 fully saturated rings. The highest BCUT2D eigenvalue weighted by molar-refractivity contribution is 6.01. The molecule has 1 heterocycles. The molecule has 8 heteroatoms. The highest BCUT2D eigenvalue weighted by Crippen LogP contribution is 2.15. The summed E-state index contributed by atoms with van der Waals surface area (Å²) in [5.41, 5.74) is 4.22. The van der Waals surface area contributed by atoms with Gasteiger partial charge in [-0.15, -0.1) is 0 Å². The lowest BCUT2D eigenvalue weighted by Gasteiger charge is -2.26. The Bertz CT molecular complexity index is 539. The number of anilines is 1. The van der Waals surface area contributed by atoms with Crippen LogP contribution < -0.4 is 16.2 Å². The van der Waals surface area contributed by atoms with Gasteiger partial charge in [0.1, 0.15) is 11.7 Å². The van der Waals surface area contributed by atoms with Crippen LogP contribution in [-0.2, 0) is 9.59 Å². The first-order chi connectivity index (χ1) is 9.49. The Kier molecular flexibility index (Phi) is 4.14.